The van der Waals surface area contributed by atoms with E-state index in [4.69, 9.17) is 0 Å². The van der Waals surface area contributed by atoms with Gasteiger partial charge in [-0.05, 0) is 68.1 Å². The Hall–Kier alpha value is -0.260. The second kappa shape index (κ2) is 10.3. The summed E-state index contributed by atoms with van der Waals surface area (Å²) in [4.78, 5) is 0. The number of hydrogen-bond donors (Lipinski definition) is 0. The van der Waals surface area contributed by atoms with E-state index >= 15 is 0 Å². The van der Waals surface area contributed by atoms with E-state index in [1.165, 1.54) is 64.2 Å². The van der Waals surface area contributed by atoms with E-state index in [-0.39, 0.29) is 0 Å². The zero-order chi connectivity index (χ0) is 20.0. The largest absolute Gasteiger partial charge is 0.0741 e. The molecular formula is C26H50. The van der Waals surface area contributed by atoms with Crippen molar-refractivity contribution < 1.29 is 0 Å². The molecule has 1 aliphatic carbocycles. The van der Waals surface area contributed by atoms with E-state index in [0.29, 0.717) is 10.8 Å². The van der Waals surface area contributed by atoms with E-state index in [2.05, 4.69) is 62.3 Å². The van der Waals surface area contributed by atoms with Crippen LogP contribution in [-0.2, 0) is 0 Å². The second-order valence-electron chi connectivity index (χ2n) is 10.3. The van der Waals surface area contributed by atoms with Gasteiger partial charge in [-0.3, -0.25) is 0 Å². The summed E-state index contributed by atoms with van der Waals surface area (Å²) in [5.74, 6) is 2.57. The Morgan fingerprint density at radius 1 is 1.00 bits per heavy atom. The summed E-state index contributed by atoms with van der Waals surface area (Å²) in [6.45, 7) is 22.0. The first-order chi connectivity index (χ1) is 12.2. The molecule has 0 aliphatic heterocycles. The van der Waals surface area contributed by atoms with Crippen molar-refractivity contribution in [3.8, 4) is 0 Å². The Kier molecular flexibility index (Phi) is 9.45. The highest BCUT2D eigenvalue weighted by atomic mass is 14.6. The summed E-state index contributed by atoms with van der Waals surface area (Å²) in [7, 11) is 0. The van der Waals surface area contributed by atoms with Crippen molar-refractivity contribution in [2.75, 3.05) is 0 Å². The van der Waals surface area contributed by atoms with Crippen molar-refractivity contribution in [1.82, 2.24) is 0 Å². The molecule has 0 aromatic rings. The monoisotopic (exact) mass is 362 g/mol. The molecule has 26 heavy (non-hydrogen) atoms. The fourth-order valence-electron chi connectivity index (χ4n) is 5.42. The molecule has 0 spiro atoms. The Bertz CT molecular complexity index is 443. The molecule has 0 radical (unpaired) electrons. The summed E-state index contributed by atoms with van der Waals surface area (Å²) < 4.78 is 0. The number of unbranched alkanes of at least 4 members (excludes halogenated alkanes) is 3. The van der Waals surface area contributed by atoms with Gasteiger partial charge in [-0.15, -0.1) is 0 Å². The van der Waals surface area contributed by atoms with Gasteiger partial charge in [-0.2, -0.15) is 0 Å². The van der Waals surface area contributed by atoms with Crippen LogP contribution in [0.1, 0.15) is 127 Å². The van der Waals surface area contributed by atoms with Crippen LogP contribution < -0.4 is 0 Å². The van der Waals surface area contributed by atoms with Crippen LogP contribution in [0, 0.1) is 28.6 Å². The summed E-state index contributed by atoms with van der Waals surface area (Å²) in [6, 6.07) is 0. The quantitative estimate of drug-likeness (QED) is 0.226. The maximum absolute atomic E-state index is 2.62. The fourth-order valence-corrected chi connectivity index (χ4v) is 5.42. The van der Waals surface area contributed by atoms with Gasteiger partial charge in [0, 0.05) is 0 Å². The lowest BCUT2D eigenvalue weighted by Gasteiger charge is -2.44. The van der Waals surface area contributed by atoms with Crippen LogP contribution in [0.3, 0.4) is 0 Å². The third-order valence-electron chi connectivity index (χ3n) is 8.27. The predicted molar refractivity (Wildman–Crippen MR) is 120 cm³/mol. The molecule has 0 aromatic carbocycles. The van der Waals surface area contributed by atoms with Crippen LogP contribution in [0.2, 0.25) is 0 Å². The smallest absolute Gasteiger partial charge is 0.00597 e. The van der Waals surface area contributed by atoms with E-state index < -0.39 is 0 Å². The van der Waals surface area contributed by atoms with Crippen LogP contribution in [-0.4, -0.2) is 0 Å². The van der Waals surface area contributed by atoms with E-state index in [1.807, 2.05) is 0 Å². The molecular weight excluding hydrogens is 312 g/mol. The lowest BCUT2D eigenvalue weighted by molar-refractivity contribution is 0.136. The maximum Gasteiger partial charge on any atom is -0.00597 e. The molecule has 0 heterocycles. The molecule has 4 unspecified atom stereocenters. The van der Waals surface area contributed by atoms with E-state index in [1.54, 1.807) is 11.1 Å². The summed E-state index contributed by atoms with van der Waals surface area (Å²) in [5.41, 5.74) is 4.48. The van der Waals surface area contributed by atoms with Crippen molar-refractivity contribution in [2.24, 2.45) is 28.6 Å². The Morgan fingerprint density at radius 2 is 1.65 bits per heavy atom. The normalized spacial score (nSPS) is 27.2. The first-order valence-corrected chi connectivity index (χ1v) is 11.8. The Labute approximate surface area is 166 Å². The van der Waals surface area contributed by atoms with Gasteiger partial charge in [0.2, 0.25) is 0 Å². The molecule has 1 aliphatic rings. The second-order valence-corrected chi connectivity index (χ2v) is 10.3. The predicted octanol–water partition coefficient (Wildman–Crippen LogP) is 9.20. The van der Waals surface area contributed by atoms with Gasteiger partial charge in [0.25, 0.3) is 0 Å². The van der Waals surface area contributed by atoms with Gasteiger partial charge in [0.1, 0.15) is 0 Å². The van der Waals surface area contributed by atoms with Gasteiger partial charge in [0.15, 0.2) is 0 Å². The van der Waals surface area contributed by atoms with Gasteiger partial charge in [0.05, 0.1) is 0 Å². The fraction of sp³-hybridized carbons (Fsp3) is 0.923. The van der Waals surface area contributed by atoms with Gasteiger partial charge >= 0.3 is 0 Å². The van der Waals surface area contributed by atoms with Crippen LogP contribution in [0.5, 0.6) is 0 Å². The van der Waals surface area contributed by atoms with Crippen molar-refractivity contribution in [3.05, 3.63) is 11.1 Å². The molecule has 0 bridgehead atoms. The Balaban J connectivity index is 3.19. The average molecular weight is 363 g/mol. The molecule has 4 atom stereocenters. The highest BCUT2D eigenvalue weighted by Gasteiger charge is 2.56. The molecule has 1 saturated carbocycles. The van der Waals surface area contributed by atoms with Crippen LogP contribution in [0.25, 0.3) is 0 Å². The molecule has 0 nitrogen and oxygen atoms in total. The molecule has 1 rings (SSSR count). The molecule has 0 aromatic heterocycles. The van der Waals surface area contributed by atoms with Crippen LogP contribution in [0.4, 0.5) is 0 Å². The van der Waals surface area contributed by atoms with E-state index in [9.17, 15) is 0 Å². The third-order valence-corrected chi connectivity index (χ3v) is 8.27. The first kappa shape index (κ1) is 23.8. The first-order valence-electron chi connectivity index (χ1n) is 11.8. The van der Waals surface area contributed by atoms with Gasteiger partial charge in [-0.1, -0.05) is 98.1 Å². The topological polar surface area (TPSA) is 0 Å². The lowest BCUT2D eigenvalue weighted by Crippen LogP contribution is -2.34. The number of rotatable bonds is 13. The summed E-state index contributed by atoms with van der Waals surface area (Å²) >= 11 is 0. The molecule has 0 saturated heterocycles. The molecule has 0 N–H and O–H groups in total. The van der Waals surface area contributed by atoms with Crippen LogP contribution in [0.15, 0.2) is 11.1 Å². The van der Waals surface area contributed by atoms with Gasteiger partial charge in [-0.25, -0.2) is 0 Å². The van der Waals surface area contributed by atoms with Crippen molar-refractivity contribution in [1.29, 1.82) is 0 Å². The minimum absolute atomic E-state index is 0.440. The average Bonchev–Trinajstić information content (AvgIpc) is 3.31. The van der Waals surface area contributed by atoms with Gasteiger partial charge < -0.3 is 0 Å². The SMILES string of the molecule is CCCCCCC(CCC(C)C)(C(C)=C(C)CC)C(C)C1CC1(C)CC. The zero-order valence-electron chi connectivity index (χ0n) is 19.8. The van der Waals surface area contributed by atoms with Crippen molar-refractivity contribution >= 4 is 0 Å². The van der Waals surface area contributed by atoms with Crippen LogP contribution >= 0.6 is 0 Å². The zero-order valence-corrected chi connectivity index (χ0v) is 19.8. The minimum atomic E-state index is 0.440. The number of hydrogen-bond acceptors (Lipinski definition) is 0. The summed E-state index contributed by atoms with van der Waals surface area (Å²) in [6.07, 6.45) is 13.8. The van der Waals surface area contributed by atoms with Crippen molar-refractivity contribution in [3.63, 3.8) is 0 Å². The Morgan fingerprint density at radius 3 is 2.12 bits per heavy atom. The summed E-state index contributed by atoms with van der Waals surface area (Å²) in [5, 5.41) is 0. The molecule has 1 fully saturated rings. The lowest BCUT2D eigenvalue weighted by atomic mass is 9.61. The third kappa shape index (κ3) is 5.62. The van der Waals surface area contributed by atoms with E-state index in [0.717, 1.165) is 17.8 Å². The molecule has 0 amide bonds. The standard InChI is InChI=1S/C26H50/c1-10-13-14-15-17-26(18-16-20(4)5,22(7)21(6)11-2)23(8)24-19-25(24,9)12-3/h20,23-24H,10-19H2,1-9H3. The molecule has 154 valence electrons. The number of allylic oxidation sites excluding steroid dienone is 2. The minimum Gasteiger partial charge on any atom is -0.0741 e. The molecule has 0 heteroatoms. The highest BCUT2D eigenvalue weighted by molar-refractivity contribution is 5.22. The van der Waals surface area contributed by atoms with Crippen molar-refractivity contribution in [2.45, 2.75) is 127 Å². The highest BCUT2D eigenvalue weighted by Crippen LogP contribution is 2.64. The maximum atomic E-state index is 2.62.